The molecule has 0 heterocycles. The van der Waals surface area contributed by atoms with Crippen LogP contribution in [0.4, 0.5) is 0 Å². The molecule has 0 saturated heterocycles. The van der Waals surface area contributed by atoms with Gasteiger partial charge in [-0.1, -0.05) is 52.1 Å². The summed E-state index contributed by atoms with van der Waals surface area (Å²) in [6.45, 7) is 1.91. The number of hydrogen-bond acceptors (Lipinski definition) is 1. The molecule has 0 rings (SSSR count). The summed E-state index contributed by atoms with van der Waals surface area (Å²) in [4.78, 5) is 10.5. The average Bonchev–Trinajstić information content (AvgIpc) is 1.88. The Bertz CT molecular complexity index is 116. The first kappa shape index (κ1) is 10.9. The Labute approximate surface area is 88.0 Å². The van der Waals surface area contributed by atoms with Gasteiger partial charge < -0.3 is 5.11 Å². The number of halogens is 2. The third-order valence-corrected chi connectivity index (χ3v) is 5.28. The molecule has 0 aliphatic rings. The van der Waals surface area contributed by atoms with Gasteiger partial charge >= 0.3 is 5.97 Å². The highest BCUT2D eigenvalue weighted by Crippen LogP contribution is 2.19. The van der Waals surface area contributed by atoms with Gasteiger partial charge in [0.05, 0.1) is 5.92 Å². The first-order valence-corrected chi connectivity index (χ1v) is 5.83. The molecule has 4 heteroatoms. The van der Waals surface area contributed by atoms with Crippen molar-refractivity contribution in [1.29, 1.82) is 0 Å². The van der Waals surface area contributed by atoms with Crippen molar-refractivity contribution in [3.63, 3.8) is 0 Å². The van der Waals surface area contributed by atoms with Crippen molar-refractivity contribution < 1.29 is 9.90 Å². The van der Waals surface area contributed by atoms with Crippen LogP contribution in [-0.4, -0.2) is 19.4 Å². The molecule has 0 aliphatic heterocycles. The number of carbonyl (C=O) groups is 1. The molecule has 0 spiro atoms. The molecular weight excluding hydrogens is 358 g/mol. The molecule has 0 aromatic carbocycles. The van der Waals surface area contributed by atoms with Crippen LogP contribution in [0.5, 0.6) is 0 Å². The first-order chi connectivity index (χ1) is 4.63. The Hall–Kier alpha value is 0.930. The highest BCUT2D eigenvalue weighted by molar-refractivity contribution is 14.1. The van der Waals surface area contributed by atoms with E-state index in [1.807, 2.05) is 6.92 Å². The highest BCUT2D eigenvalue weighted by Gasteiger charge is 2.22. The van der Waals surface area contributed by atoms with Crippen molar-refractivity contribution in [2.24, 2.45) is 5.92 Å². The molecule has 0 aromatic heterocycles. The van der Waals surface area contributed by atoms with E-state index >= 15 is 0 Å². The molecule has 0 radical (unpaired) electrons. The zero-order valence-corrected chi connectivity index (χ0v) is 10.00. The van der Waals surface area contributed by atoms with E-state index in [1.54, 1.807) is 0 Å². The molecule has 1 N–H and O–H groups in total. The summed E-state index contributed by atoms with van der Waals surface area (Å²) in [5.41, 5.74) is 0. The molecule has 10 heavy (non-hydrogen) atoms. The first-order valence-electron chi connectivity index (χ1n) is 3.06. The van der Waals surface area contributed by atoms with Crippen molar-refractivity contribution in [2.45, 2.75) is 17.3 Å². The van der Waals surface area contributed by atoms with Crippen molar-refractivity contribution in [3.8, 4) is 0 Å². The molecule has 0 fully saturated rings. The van der Waals surface area contributed by atoms with E-state index in [2.05, 4.69) is 45.2 Å². The SMILES string of the molecule is CCC(C(=O)O)C(I)CI. The molecule has 0 amide bonds. The fourth-order valence-electron chi connectivity index (χ4n) is 0.693. The normalized spacial score (nSPS) is 16.3. The average molecular weight is 368 g/mol. The molecule has 2 atom stereocenters. The maximum absolute atomic E-state index is 10.5. The Morgan fingerprint density at radius 2 is 2.20 bits per heavy atom. The van der Waals surface area contributed by atoms with Crippen LogP contribution >= 0.6 is 45.2 Å². The molecular formula is C6H10I2O2. The molecule has 0 saturated carbocycles. The minimum atomic E-state index is -0.668. The van der Waals surface area contributed by atoms with Crippen LogP contribution in [0.3, 0.4) is 0 Å². The highest BCUT2D eigenvalue weighted by atomic mass is 127. The fraction of sp³-hybridized carbons (Fsp3) is 0.833. The largest absolute Gasteiger partial charge is 0.481 e. The molecule has 2 unspecified atom stereocenters. The van der Waals surface area contributed by atoms with Crippen LogP contribution < -0.4 is 0 Å². The van der Waals surface area contributed by atoms with Gasteiger partial charge in [-0.05, 0) is 6.42 Å². The van der Waals surface area contributed by atoms with Crippen LogP contribution in [0.2, 0.25) is 0 Å². The third kappa shape index (κ3) is 3.36. The van der Waals surface area contributed by atoms with Crippen molar-refractivity contribution in [2.75, 3.05) is 4.43 Å². The summed E-state index contributed by atoms with van der Waals surface area (Å²) in [6.07, 6.45) is 0.728. The Balaban J connectivity index is 3.92. The lowest BCUT2D eigenvalue weighted by molar-refractivity contribution is -0.141. The lowest BCUT2D eigenvalue weighted by Gasteiger charge is -2.13. The third-order valence-electron chi connectivity index (χ3n) is 1.34. The van der Waals surface area contributed by atoms with E-state index in [4.69, 9.17) is 5.11 Å². The van der Waals surface area contributed by atoms with E-state index in [0.717, 1.165) is 10.8 Å². The van der Waals surface area contributed by atoms with E-state index in [-0.39, 0.29) is 9.84 Å². The minimum absolute atomic E-state index is 0.169. The Morgan fingerprint density at radius 1 is 1.70 bits per heavy atom. The summed E-state index contributed by atoms with van der Waals surface area (Å²) in [6, 6.07) is 0. The van der Waals surface area contributed by atoms with E-state index in [9.17, 15) is 4.79 Å². The molecule has 0 aromatic rings. The van der Waals surface area contributed by atoms with Gasteiger partial charge in [0.15, 0.2) is 0 Å². The van der Waals surface area contributed by atoms with Crippen LogP contribution in [0.1, 0.15) is 13.3 Å². The van der Waals surface area contributed by atoms with E-state index in [1.165, 1.54) is 0 Å². The van der Waals surface area contributed by atoms with Crippen LogP contribution in [-0.2, 0) is 4.79 Å². The van der Waals surface area contributed by atoms with Gasteiger partial charge in [0.25, 0.3) is 0 Å². The predicted octanol–water partition coefficient (Wildman–Crippen LogP) is 2.34. The molecule has 2 nitrogen and oxygen atoms in total. The van der Waals surface area contributed by atoms with Gasteiger partial charge in [-0.2, -0.15) is 0 Å². The summed E-state index contributed by atoms with van der Waals surface area (Å²) in [5.74, 6) is -0.837. The molecule has 60 valence electrons. The van der Waals surface area contributed by atoms with Crippen LogP contribution in [0, 0.1) is 5.92 Å². The van der Waals surface area contributed by atoms with Gasteiger partial charge in [0, 0.05) is 8.35 Å². The zero-order chi connectivity index (χ0) is 8.15. The lowest BCUT2D eigenvalue weighted by atomic mass is 10.0. The maximum atomic E-state index is 10.5. The Morgan fingerprint density at radius 3 is 2.30 bits per heavy atom. The monoisotopic (exact) mass is 368 g/mol. The second-order valence-corrected chi connectivity index (χ2v) is 4.50. The van der Waals surface area contributed by atoms with Crippen molar-refractivity contribution >= 4 is 51.2 Å². The van der Waals surface area contributed by atoms with Crippen LogP contribution in [0.15, 0.2) is 0 Å². The number of hydrogen-bond donors (Lipinski definition) is 1. The quantitative estimate of drug-likeness (QED) is 0.611. The van der Waals surface area contributed by atoms with Gasteiger partial charge in [-0.15, -0.1) is 0 Å². The van der Waals surface area contributed by atoms with Crippen molar-refractivity contribution in [3.05, 3.63) is 0 Å². The number of carboxylic acid groups (broad SMARTS) is 1. The fourth-order valence-corrected chi connectivity index (χ4v) is 2.12. The van der Waals surface area contributed by atoms with E-state index < -0.39 is 5.97 Å². The number of aliphatic carboxylic acids is 1. The van der Waals surface area contributed by atoms with Crippen LogP contribution in [0.25, 0.3) is 0 Å². The summed E-state index contributed by atoms with van der Waals surface area (Å²) >= 11 is 4.41. The zero-order valence-electron chi connectivity index (χ0n) is 5.68. The van der Waals surface area contributed by atoms with Gasteiger partial charge in [-0.3, -0.25) is 4.79 Å². The van der Waals surface area contributed by atoms with Gasteiger partial charge in [0.1, 0.15) is 0 Å². The molecule has 0 aliphatic carbocycles. The number of rotatable bonds is 4. The van der Waals surface area contributed by atoms with Gasteiger partial charge in [0.2, 0.25) is 0 Å². The predicted molar refractivity (Wildman–Crippen MR) is 58.1 cm³/mol. The Kier molecular flexibility index (Phi) is 6.08. The summed E-state index contributed by atoms with van der Waals surface area (Å²) < 4.78 is 1.17. The lowest BCUT2D eigenvalue weighted by Crippen LogP contribution is -2.23. The summed E-state index contributed by atoms with van der Waals surface area (Å²) in [5, 5.41) is 8.67. The smallest absolute Gasteiger partial charge is 0.307 e. The molecule has 0 bridgehead atoms. The standard InChI is InChI=1S/C6H10I2O2/c1-2-4(6(9)10)5(8)3-7/h4-5H,2-3H2,1H3,(H,9,10). The number of alkyl halides is 2. The van der Waals surface area contributed by atoms with Gasteiger partial charge in [-0.25, -0.2) is 0 Å². The number of carboxylic acids is 1. The second kappa shape index (κ2) is 5.56. The van der Waals surface area contributed by atoms with E-state index in [0.29, 0.717) is 0 Å². The maximum Gasteiger partial charge on any atom is 0.307 e. The second-order valence-electron chi connectivity index (χ2n) is 2.02. The topological polar surface area (TPSA) is 37.3 Å². The van der Waals surface area contributed by atoms with Crippen molar-refractivity contribution in [1.82, 2.24) is 0 Å². The minimum Gasteiger partial charge on any atom is -0.481 e. The summed E-state index contributed by atoms with van der Waals surface area (Å²) in [7, 11) is 0.